The Balaban J connectivity index is 1.92. The summed E-state index contributed by atoms with van der Waals surface area (Å²) >= 11 is 5.83. The molecular formula is C23H37ClO3. The Bertz CT molecular complexity index is 487. The van der Waals surface area contributed by atoms with Gasteiger partial charge in [-0.1, -0.05) is 89.2 Å². The fourth-order valence-electron chi connectivity index (χ4n) is 3.00. The molecule has 0 heterocycles. The lowest BCUT2D eigenvalue weighted by Crippen LogP contribution is -2.26. The number of hydrogen-bond acceptors (Lipinski definition) is 3. The molecule has 4 heteroatoms. The molecule has 0 N–H and O–H groups in total. The van der Waals surface area contributed by atoms with E-state index >= 15 is 0 Å². The number of rotatable bonds is 16. The van der Waals surface area contributed by atoms with Crippen molar-refractivity contribution in [2.24, 2.45) is 0 Å². The maximum Gasteiger partial charge on any atom is 0.347 e. The zero-order chi connectivity index (χ0) is 19.7. The summed E-state index contributed by atoms with van der Waals surface area (Å²) in [5.74, 6) is 0.308. The summed E-state index contributed by atoms with van der Waals surface area (Å²) < 4.78 is 10.9. The molecule has 27 heavy (non-hydrogen) atoms. The normalized spacial score (nSPS) is 12.0. The zero-order valence-electron chi connectivity index (χ0n) is 17.2. The summed E-state index contributed by atoms with van der Waals surface area (Å²) in [4.78, 5) is 11.9. The minimum atomic E-state index is -0.608. The van der Waals surface area contributed by atoms with E-state index in [1.165, 1.54) is 64.2 Å². The first-order valence-corrected chi connectivity index (χ1v) is 11.1. The van der Waals surface area contributed by atoms with Crippen molar-refractivity contribution >= 4 is 17.6 Å². The second-order valence-electron chi connectivity index (χ2n) is 7.27. The zero-order valence-corrected chi connectivity index (χ0v) is 17.9. The van der Waals surface area contributed by atoms with E-state index in [2.05, 4.69) is 6.92 Å². The first kappa shape index (κ1) is 23.8. The van der Waals surface area contributed by atoms with Crippen molar-refractivity contribution < 1.29 is 14.3 Å². The van der Waals surface area contributed by atoms with Crippen LogP contribution in [0.1, 0.15) is 90.9 Å². The molecule has 0 aliphatic carbocycles. The number of hydrogen-bond donors (Lipinski definition) is 0. The molecule has 0 spiro atoms. The van der Waals surface area contributed by atoms with Crippen LogP contribution in [-0.2, 0) is 9.53 Å². The molecule has 1 atom stereocenters. The Kier molecular flexibility index (Phi) is 13.9. The standard InChI is InChI=1S/C23H37ClO3/c1-3-4-5-6-7-8-9-10-11-12-13-14-19-26-23(25)20(2)27-22-17-15-21(24)16-18-22/h15-18,20H,3-14,19H2,1-2H3. The van der Waals surface area contributed by atoms with E-state index in [4.69, 9.17) is 21.1 Å². The van der Waals surface area contributed by atoms with E-state index in [1.807, 2.05) is 0 Å². The van der Waals surface area contributed by atoms with E-state index in [9.17, 15) is 4.79 Å². The molecule has 0 fully saturated rings. The lowest BCUT2D eigenvalue weighted by molar-refractivity contribution is -0.151. The highest BCUT2D eigenvalue weighted by Crippen LogP contribution is 2.17. The maximum atomic E-state index is 11.9. The maximum absolute atomic E-state index is 11.9. The Morgan fingerprint density at radius 1 is 0.852 bits per heavy atom. The molecule has 0 aromatic heterocycles. The lowest BCUT2D eigenvalue weighted by atomic mass is 10.1. The van der Waals surface area contributed by atoms with Crippen LogP contribution in [0.5, 0.6) is 5.75 Å². The van der Waals surface area contributed by atoms with Gasteiger partial charge in [-0.05, 0) is 37.6 Å². The minimum Gasteiger partial charge on any atom is -0.479 e. The van der Waals surface area contributed by atoms with Gasteiger partial charge >= 0.3 is 5.97 Å². The highest BCUT2D eigenvalue weighted by atomic mass is 35.5. The molecule has 0 bridgehead atoms. The van der Waals surface area contributed by atoms with Crippen LogP contribution in [0.4, 0.5) is 0 Å². The molecule has 0 aliphatic rings. The molecule has 1 unspecified atom stereocenters. The van der Waals surface area contributed by atoms with Crippen molar-refractivity contribution in [1.82, 2.24) is 0 Å². The van der Waals surface area contributed by atoms with Gasteiger partial charge in [-0.2, -0.15) is 0 Å². The van der Waals surface area contributed by atoms with Crippen LogP contribution in [0, 0.1) is 0 Å². The van der Waals surface area contributed by atoms with Crippen LogP contribution in [-0.4, -0.2) is 18.7 Å². The molecule has 1 rings (SSSR count). The van der Waals surface area contributed by atoms with E-state index in [-0.39, 0.29) is 5.97 Å². The summed E-state index contributed by atoms with van der Waals surface area (Å²) in [7, 11) is 0. The fourth-order valence-corrected chi connectivity index (χ4v) is 3.12. The molecule has 1 aromatic carbocycles. The van der Waals surface area contributed by atoms with Gasteiger partial charge in [0.05, 0.1) is 6.61 Å². The van der Waals surface area contributed by atoms with Crippen LogP contribution in [0.15, 0.2) is 24.3 Å². The molecule has 0 aliphatic heterocycles. The quantitative estimate of drug-likeness (QED) is 0.216. The van der Waals surface area contributed by atoms with Gasteiger partial charge in [-0.15, -0.1) is 0 Å². The molecule has 0 saturated heterocycles. The summed E-state index contributed by atoms with van der Waals surface area (Å²) in [6.45, 7) is 4.44. The fraction of sp³-hybridized carbons (Fsp3) is 0.696. The number of unbranched alkanes of at least 4 members (excludes halogenated alkanes) is 11. The number of carbonyl (C=O) groups is 1. The number of carbonyl (C=O) groups excluding carboxylic acids is 1. The van der Waals surface area contributed by atoms with E-state index in [0.29, 0.717) is 17.4 Å². The second-order valence-corrected chi connectivity index (χ2v) is 7.71. The van der Waals surface area contributed by atoms with Gasteiger partial charge in [0.25, 0.3) is 0 Å². The Morgan fingerprint density at radius 2 is 1.33 bits per heavy atom. The topological polar surface area (TPSA) is 35.5 Å². The van der Waals surface area contributed by atoms with Gasteiger partial charge in [0.2, 0.25) is 0 Å². The van der Waals surface area contributed by atoms with E-state index < -0.39 is 6.10 Å². The predicted octanol–water partition coefficient (Wildman–Crippen LogP) is 7.35. The molecule has 0 amide bonds. The third kappa shape index (κ3) is 12.7. The molecule has 0 radical (unpaired) electrons. The number of ether oxygens (including phenoxy) is 2. The van der Waals surface area contributed by atoms with Crippen molar-refractivity contribution in [3.05, 3.63) is 29.3 Å². The van der Waals surface area contributed by atoms with Crippen molar-refractivity contribution in [2.75, 3.05) is 6.61 Å². The number of benzene rings is 1. The monoisotopic (exact) mass is 396 g/mol. The predicted molar refractivity (Wildman–Crippen MR) is 114 cm³/mol. The minimum absolute atomic E-state index is 0.312. The summed E-state index contributed by atoms with van der Waals surface area (Å²) in [6, 6.07) is 6.97. The van der Waals surface area contributed by atoms with Gasteiger partial charge in [0.15, 0.2) is 6.10 Å². The van der Waals surface area contributed by atoms with Crippen LogP contribution in [0.3, 0.4) is 0 Å². The summed E-state index contributed by atoms with van der Waals surface area (Å²) in [6.07, 6.45) is 14.9. The summed E-state index contributed by atoms with van der Waals surface area (Å²) in [5.41, 5.74) is 0. The van der Waals surface area contributed by atoms with Gasteiger partial charge < -0.3 is 9.47 Å². The van der Waals surface area contributed by atoms with Crippen LogP contribution in [0.2, 0.25) is 5.02 Å². The largest absolute Gasteiger partial charge is 0.479 e. The molecule has 0 saturated carbocycles. The van der Waals surface area contributed by atoms with Crippen LogP contribution in [0.25, 0.3) is 0 Å². The van der Waals surface area contributed by atoms with E-state index in [1.54, 1.807) is 31.2 Å². The van der Waals surface area contributed by atoms with Crippen LogP contribution < -0.4 is 4.74 Å². The average molecular weight is 397 g/mol. The van der Waals surface area contributed by atoms with Gasteiger partial charge in [0.1, 0.15) is 5.75 Å². The first-order chi connectivity index (χ1) is 13.1. The third-order valence-electron chi connectivity index (χ3n) is 4.70. The Morgan fingerprint density at radius 3 is 1.85 bits per heavy atom. The Hall–Kier alpha value is -1.22. The van der Waals surface area contributed by atoms with E-state index in [0.717, 1.165) is 12.8 Å². The van der Waals surface area contributed by atoms with Gasteiger partial charge in [-0.3, -0.25) is 0 Å². The van der Waals surface area contributed by atoms with Gasteiger partial charge in [0, 0.05) is 5.02 Å². The van der Waals surface area contributed by atoms with Gasteiger partial charge in [-0.25, -0.2) is 4.79 Å². The van der Waals surface area contributed by atoms with Crippen LogP contribution >= 0.6 is 11.6 Å². The molecule has 1 aromatic rings. The van der Waals surface area contributed by atoms with Crippen molar-refractivity contribution in [1.29, 1.82) is 0 Å². The second kappa shape index (κ2) is 15.8. The summed E-state index contributed by atoms with van der Waals surface area (Å²) in [5, 5.41) is 0.643. The number of halogens is 1. The SMILES string of the molecule is CCCCCCCCCCCCCCOC(=O)C(C)Oc1ccc(Cl)cc1. The lowest BCUT2D eigenvalue weighted by Gasteiger charge is -2.14. The highest BCUT2D eigenvalue weighted by Gasteiger charge is 2.16. The molecule has 154 valence electrons. The smallest absolute Gasteiger partial charge is 0.347 e. The van der Waals surface area contributed by atoms with Crippen molar-refractivity contribution in [2.45, 2.75) is 97.0 Å². The average Bonchev–Trinajstić information content (AvgIpc) is 2.67. The van der Waals surface area contributed by atoms with Crippen molar-refractivity contribution in [3.63, 3.8) is 0 Å². The third-order valence-corrected chi connectivity index (χ3v) is 4.95. The van der Waals surface area contributed by atoms with Crippen molar-refractivity contribution in [3.8, 4) is 5.75 Å². The molecular weight excluding hydrogens is 360 g/mol. The Labute approximate surface area is 170 Å². The molecule has 3 nitrogen and oxygen atoms in total. The number of esters is 1. The first-order valence-electron chi connectivity index (χ1n) is 10.7. The highest BCUT2D eigenvalue weighted by molar-refractivity contribution is 6.30.